The average Bonchev–Trinajstić information content (AvgIpc) is 3.41. The molecule has 0 bridgehead atoms. The first-order valence-corrected chi connectivity index (χ1v) is 10.5. The Balaban J connectivity index is 1.56. The van der Waals surface area contributed by atoms with E-state index >= 15 is 0 Å². The zero-order valence-corrected chi connectivity index (χ0v) is 16.9. The van der Waals surface area contributed by atoms with Crippen molar-refractivity contribution in [1.29, 1.82) is 0 Å². The van der Waals surface area contributed by atoms with Crippen molar-refractivity contribution in [2.45, 2.75) is 25.9 Å². The smallest absolute Gasteiger partial charge is 0.238 e. The van der Waals surface area contributed by atoms with Crippen molar-refractivity contribution < 1.29 is 14.0 Å². The maximum atomic E-state index is 13.4. The minimum absolute atomic E-state index is 0.0415. The Morgan fingerprint density at radius 3 is 2.79 bits per heavy atom. The van der Waals surface area contributed by atoms with Crippen LogP contribution in [0.3, 0.4) is 0 Å². The van der Waals surface area contributed by atoms with Gasteiger partial charge in [-0.15, -0.1) is 0 Å². The molecule has 0 aliphatic carbocycles. The van der Waals surface area contributed by atoms with Gasteiger partial charge in [0.05, 0.1) is 30.5 Å². The number of aliphatic imine (C=N–C) groups is 1. The number of carbonyl (C=O) groups excluding carboxylic acids is 2. The third-order valence-corrected chi connectivity index (χ3v) is 6.22. The van der Waals surface area contributed by atoms with E-state index in [9.17, 15) is 9.59 Å². The molecule has 0 spiro atoms. The van der Waals surface area contributed by atoms with E-state index in [0.29, 0.717) is 34.7 Å². The van der Waals surface area contributed by atoms with Gasteiger partial charge in [-0.1, -0.05) is 23.4 Å². The summed E-state index contributed by atoms with van der Waals surface area (Å²) in [6.07, 6.45) is 1.77. The summed E-state index contributed by atoms with van der Waals surface area (Å²) in [5.41, 5.74) is 0.715. The molecule has 0 saturated carbocycles. The van der Waals surface area contributed by atoms with Crippen molar-refractivity contribution in [3.8, 4) is 0 Å². The first kappa shape index (κ1) is 19.1. The third-order valence-electron chi connectivity index (χ3n) is 4.77. The molecule has 8 heteroatoms. The highest BCUT2D eigenvalue weighted by molar-refractivity contribution is 8.14. The van der Waals surface area contributed by atoms with E-state index in [2.05, 4.69) is 4.99 Å². The summed E-state index contributed by atoms with van der Waals surface area (Å²) in [5, 5.41) is 1.28. The minimum atomic E-state index is -0.419. The van der Waals surface area contributed by atoms with Gasteiger partial charge in [0, 0.05) is 23.7 Å². The average molecular weight is 418 g/mol. The maximum absolute atomic E-state index is 13.4. The topological polar surface area (TPSA) is 66.1 Å². The van der Waals surface area contributed by atoms with Crippen molar-refractivity contribution in [3.63, 3.8) is 0 Å². The predicted octanol–water partition coefficient (Wildman–Crippen LogP) is 3.81. The molecular weight excluding hydrogens is 398 g/mol. The fourth-order valence-corrected chi connectivity index (χ4v) is 4.54. The van der Waals surface area contributed by atoms with Crippen molar-refractivity contribution in [2.24, 2.45) is 10.9 Å². The lowest BCUT2D eigenvalue weighted by Crippen LogP contribution is -2.40. The number of halogens is 1. The molecule has 2 aliphatic heterocycles. The predicted molar refractivity (Wildman–Crippen MR) is 111 cm³/mol. The largest absolute Gasteiger partial charge is 0.467 e. The third kappa shape index (κ3) is 3.95. The van der Waals surface area contributed by atoms with Gasteiger partial charge in [-0.3, -0.25) is 19.5 Å². The van der Waals surface area contributed by atoms with Crippen LogP contribution in [0.25, 0.3) is 0 Å². The van der Waals surface area contributed by atoms with Gasteiger partial charge in [0.15, 0.2) is 5.17 Å². The number of amidine groups is 1. The van der Waals surface area contributed by atoms with Gasteiger partial charge >= 0.3 is 0 Å². The lowest BCUT2D eigenvalue weighted by atomic mass is 10.1. The Hall–Kier alpha value is -2.25. The number of carbonyl (C=O) groups is 2. The number of benzene rings is 1. The molecular formula is C20H20ClN3O3S. The molecule has 146 valence electrons. The Kier molecular flexibility index (Phi) is 5.46. The van der Waals surface area contributed by atoms with Gasteiger partial charge in [-0.25, -0.2) is 0 Å². The first-order chi connectivity index (χ1) is 13.5. The van der Waals surface area contributed by atoms with E-state index in [1.807, 2.05) is 25.1 Å². The normalized spacial score (nSPS) is 21.9. The summed E-state index contributed by atoms with van der Waals surface area (Å²) < 4.78 is 5.34. The second kappa shape index (κ2) is 8.01. The fourth-order valence-electron chi connectivity index (χ4n) is 3.37. The van der Waals surface area contributed by atoms with E-state index in [4.69, 9.17) is 16.0 Å². The molecule has 1 aromatic heterocycles. The number of anilines is 1. The van der Waals surface area contributed by atoms with Crippen molar-refractivity contribution in [3.05, 3.63) is 53.4 Å². The Morgan fingerprint density at radius 2 is 2.14 bits per heavy atom. The standard InChI is InChI=1S/C20H20ClN3O3S/c1-13-12-28-20(22-13)24(16-6-4-15(21)5-7-16)19(26)14-9-18(25)23(10-14)11-17-3-2-8-27-17/h2-8,13-14H,9-12H2,1H3/t13-,14-/m0/s1. The summed E-state index contributed by atoms with van der Waals surface area (Å²) >= 11 is 7.57. The monoisotopic (exact) mass is 417 g/mol. The van der Waals surface area contributed by atoms with Crippen molar-refractivity contribution in [2.75, 3.05) is 17.2 Å². The zero-order valence-electron chi connectivity index (χ0n) is 15.4. The number of furan rings is 1. The number of likely N-dealkylation sites (tertiary alicyclic amines) is 1. The van der Waals surface area contributed by atoms with Crippen LogP contribution in [0, 0.1) is 5.92 Å². The van der Waals surface area contributed by atoms with Gasteiger partial charge in [-0.2, -0.15) is 0 Å². The van der Waals surface area contributed by atoms with Gasteiger partial charge in [0.2, 0.25) is 11.8 Å². The summed E-state index contributed by atoms with van der Waals surface area (Å²) in [5.74, 6) is 0.969. The molecule has 2 aromatic rings. The summed E-state index contributed by atoms with van der Waals surface area (Å²) in [6.45, 7) is 2.77. The lowest BCUT2D eigenvalue weighted by Gasteiger charge is -2.25. The number of amides is 2. The Labute approximate surface area is 172 Å². The lowest BCUT2D eigenvalue weighted by molar-refractivity contribution is -0.129. The van der Waals surface area contributed by atoms with Crippen LogP contribution in [-0.4, -0.2) is 40.2 Å². The molecule has 0 unspecified atom stereocenters. The first-order valence-electron chi connectivity index (χ1n) is 9.11. The van der Waals surface area contributed by atoms with E-state index in [1.54, 1.807) is 46.0 Å². The minimum Gasteiger partial charge on any atom is -0.467 e. The van der Waals surface area contributed by atoms with Gasteiger partial charge in [0.1, 0.15) is 5.76 Å². The molecule has 4 rings (SSSR count). The van der Waals surface area contributed by atoms with Gasteiger partial charge in [-0.05, 0) is 43.3 Å². The van der Waals surface area contributed by atoms with Crippen LogP contribution in [-0.2, 0) is 16.1 Å². The molecule has 1 fully saturated rings. The second-order valence-corrected chi connectivity index (χ2v) is 8.40. The number of nitrogens with zero attached hydrogens (tertiary/aromatic N) is 3. The van der Waals surface area contributed by atoms with E-state index in [1.165, 1.54) is 0 Å². The molecule has 3 heterocycles. The second-order valence-electron chi connectivity index (χ2n) is 6.98. The Bertz CT molecular complexity index is 898. The molecule has 1 saturated heterocycles. The molecule has 2 aliphatic rings. The highest BCUT2D eigenvalue weighted by Crippen LogP contribution is 2.31. The van der Waals surface area contributed by atoms with Crippen LogP contribution < -0.4 is 4.90 Å². The highest BCUT2D eigenvalue weighted by atomic mass is 35.5. The van der Waals surface area contributed by atoms with Crippen LogP contribution in [0.4, 0.5) is 5.69 Å². The summed E-state index contributed by atoms with van der Waals surface area (Å²) in [4.78, 5) is 33.8. The molecule has 28 heavy (non-hydrogen) atoms. The van der Waals surface area contributed by atoms with Gasteiger partial charge < -0.3 is 9.32 Å². The maximum Gasteiger partial charge on any atom is 0.238 e. The Morgan fingerprint density at radius 1 is 1.36 bits per heavy atom. The number of hydrogen-bond donors (Lipinski definition) is 0. The number of rotatable bonds is 4. The van der Waals surface area contributed by atoms with Crippen LogP contribution >= 0.6 is 23.4 Å². The molecule has 2 atom stereocenters. The molecule has 2 amide bonds. The number of thioether (sulfide) groups is 1. The van der Waals surface area contributed by atoms with Gasteiger partial charge in [0.25, 0.3) is 0 Å². The SMILES string of the molecule is C[C@H]1CSC(N(C(=O)[C@H]2CC(=O)N(Cc3ccco3)C2)c2ccc(Cl)cc2)=N1. The van der Waals surface area contributed by atoms with Crippen LogP contribution in [0.5, 0.6) is 0 Å². The van der Waals surface area contributed by atoms with Crippen LogP contribution in [0.2, 0.25) is 5.02 Å². The van der Waals surface area contributed by atoms with E-state index in [-0.39, 0.29) is 24.3 Å². The quantitative estimate of drug-likeness (QED) is 0.758. The molecule has 6 nitrogen and oxygen atoms in total. The van der Waals surface area contributed by atoms with E-state index in [0.717, 1.165) is 5.75 Å². The molecule has 0 N–H and O–H groups in total. The van der Waals surface area contributed by atoms with Crippen molar-refractivity contribution in [1.82, 2.24) is 4.90 Å². The van der Waals surface area contributed by atoms with E-state index < -0.39 is 5.92 Å². The highest BCUT2D eigenvalue weighted by Gasteiger charge is 2.39. The van der Waals surface area contributed by atoms with Crippen LogP contribution in [0.1, 0.15) is 19.1 Å². The summed E-state index contributed by atoms with van der Waals surface area (Å²) in [6, 6.07) is 10.9. The van der Waals surface area contributed by atoms with Crippen molar-refractivity contribution >= 4 is 46.0 Å². The fraction of sp³-hybridized carbons (Fsp3) is 0.350. The zero-order chi connectivity index (χ0) is 19.7. The molecule has 0 radical (unpaired) electrons. The molecule has 1 aromatic carbocycles. The van der Waals surface area contributed by atoms with Crippen LogP contribution in [0.15, 0.2) is 52.1 Å². The summed E-state index contributed by atoms with van der Waals surface area (Å²) in [7, 11) is 0. The number of hydrogen-bond acceptors (Lipinski definition) is 5.